The fraction of sp³-hybridized carbons (Fsp3) is 0.647. The van der Waals surface area contributed by atoms with Crippen LogP contribution in [0, 0.1) is 5.92 Å². The molecule has 2 heterocycles. The van der Waals surface area contributed by atoms with Gasteiger partial charge in [-0.1, -0.05) is 31.6 Å². The molecule has 4 nitrogen and oxygen atoms in total. The maximum Gasteiger partial charge on any atom is 0.214 e. The molecule has 0 radical (unpaired) electrons. The Labute approximate surface area is 136 Å². The van der Waals surface area contributed by atoms with Gasteiger partial charge in [-0.15, -0.1) is 0 Å². The molecule has 1 aliphatic rings. The summed E-state index contributed by atoms with van der Waals surface area (Å²) >= 11 is 1.68. The summed E-state index contributed by atoms with van der Waals surface area (Å²) in [5.74, 6) is 1.48. The number of thiazole rings is 1. The van der Waals surface area contributed by atoms with Crippen LogP contribution in [-0.4, -0.2) is 29.7 Å². The van der Waals surface area contributed by atoms with Gasteiger partial charge in [-0.3, -0.25) is 0 Å². The molecule has 0 amide bonds. The first-order chi connectivity index (χ1) is 10.8. The Morgan fingerprint density at radius 3 is 2.59 bits per heavy atom. The molecular formula is C17H25N3OS. The van der Waals surface area contributed by atoms with E-state index < -0.39 is 0 Å². The van der Waals surface area contributed by atoms with Crippen LogP contribution in [0.5, 0.6) is 5.88 Å². The SMILES string of the molecule is CCCN(CCC)c1nc2ccc(OCC3CCC3)nc2s1. The summed E-state index contributed by atoms with van der Waals surface area (Å²) in [7, 11) is 0. The molecule has 0 saturated heterocycles. The number of ether oxygens (including phenoxy) is 1. The van der Waals surface area contributed by atoms with Gasteiger partial charge in [-0.05, 0) is 37.7 Å². The minimum absolute atomic E-state index is 0.735. The molecule has 2 aromatic heterocycles. The highest BCUT2D eigenvalue weighted by molar-refractivity contribution is 7.21. The van der Waals surface area contributed by atoms with Gasteiger partial charge >= 0.3 is 0 Å². The van der Waals surface area contributed by atoms with Crippen LogP contribution in [0.15, 0.2) is 12.1 Å². The van der Waals surface area contributed by atoms with Crippen molar-refractivity contribution in [3.05, 3.63) is 12.1 Å². The van der Waals surface area contributed by atoms with Crippen LogP contribution in [0.25, 0.3) is 10.3 Å². The van der Waals surface area contributed by atoms with Gasteiger partial charge in [0.1, 0.15) is 10.3 Å². The summed E-state index contributed by atoms with van der Waals surface area (Å²) in [6.07, 6.45) is 6.23. The zero-order valence-electron chi connectivity index (χ0n) is 13.5. The van der Waals surface area contributed by atoms with Crippen molar-refractivity contribution in [2.24, 2.45) is 5.92 Å². The lowest BCUT2D eigenvalue weighted by Crippen LogP contribution is -2.24. The van der Waals surface area contributed by atoms with Crippen LogP contribution in [0.1, 0.15) is 46.0 Å². The first-order valence-electron chi connectivity index (χ1n) is 8.45. The minimum atomic E-state index is 0.735. The molecule has 3 rings (SSSR count). The summed E-state index contributed by atoms with van der Waals surface area (Å²) in [5, 5.41) is 1.09. The van der Waals surface area contributed by atoms with Gasteiger partial charge in [0.05, 0.1) is 6.61 Å². The highest BCUT2D eigenvalue weighted by atomic mass is 32.1. The summed E-state index contributed by atoms with van der Waals surface area (Å²) in [6.45, 7) is 7.33. The smallest absolute Gasteiger partial charge is 0.214 e. The standard InChI is InChI=1S/C17H25N3OS/c1-3-10-20(11-4-2)17-18-14-8-9-15(19-16(14)22-17)21-12-13-6-5-7-13/h8-9,13H,3-7,10-12H2,1-2H3. The quantitative estimate of drug-likeness (QED) is 0.718. The molecule has 2 aromatic rings. The third-order valence-electron chi connectivity index (χ3n) is 4.17. The van der Waals surface area contributed by atoms with E-state index in [1.165, 1.54) is 19.3 Å². The molecule has 1 aliphatic carbocycles. The zero-order chi connectivity index (χ0) is 15.4. The van der Waals surface area contributed by atoms with Crippen LogP contribution < -0.4 is 9.64 Å². The Morgan fingerprint density at radius 1 is 1.18 bits per heavy atom. The average Bonchev–Trinajstić information content (AvgIpc) is 2.88. The van der Waals surface area contributed by atoms with Gasteiger partial charge in [0.25, 0.3) is 0 Å². The maximum atomic E-state index is 5.84. The summed E-state index contributed by atoms with van der Waals surface area (Å²) in [6, 6.07) is 3.99. The predicted molar refractivity (Wildman–Crippen MR) is 93.0 cm³/mol. The van der Waals surface area contributed by atoms with Gasteiger partial charge in [0, 0.05) is 19.2 Å². The number of anilines is 1. The van der Waals surface area contributed by atoms with Crippen LogP contribution in [-0.2, 0) is 0 Å². The van der Waals surface area contributed by atoms with Gasteiger partial charge in [0.15, 0.2) is 5.13 Å². The molecule has 22 heavy (non-hydrogen) atoms. The topological polar surface area (TPSA) is 38.2 Å². The molecule has 0 N–H and O–H groups in total. The Balaban J connectivity index is 1.73. The average molecular weight is 319 g/mol. The van der Waals surface area contributed by atoms with Crippen molar-refractivity contribution in [1.82, 2.24) is 9.97 Å². The van der Waals surface area contributed by atoms with E-state index in [1.807, 2.05) is 12.1 Å². The Morgan fingerprint density at radius 2 is 1.95 bits per heavy atom. The molecule has 5 heteroatoms. The van der Waals surface area contributed by atoms with E-state index in [4.69, 9.17) is 9.72 Å². The van der Waals surface area contributed by atoms with Crippen molar-refractivity contribution >= 4 is 26.8 Å². The second-order valence-corrected chi connectivity index (χ2v) is 7.02. The fourth-order valence-corrected chi connectivity index (χ4v) is 3.69. The number of fused-ring (bicyclic) bond motifs is 1. The van der Waals surface area contributed by atoms with Crippen LogP contribution >= 0.6 is 11.3 Å². The van der Waals surface area contributed by atoms with E-state index in [0.717, 1.165) is 59.8 Å². The van der Waals surface area contributed by atoms with E-state index in [9.17, 15) is 0 Å². The van der Waals surface area contributed by atoms with Gasteiger partial charge < -0.3 is 9.64 Å². The molecule has 0 aromatic carbocycles. The molecule has 0 bridgehead atoms. The van der Waals surface area contributed by atoms with Crippen molar-refractivity contribution in [3.8, 4) is 5.88 Å². The molecule has 120 valence electrons. The lowest BCUT2D eigenvalue weighted by molar-refractivity contribution is 0.176. The Bertz CT molecular complexity index is 603. The molecule has 1 fully saturated rings. The molecule has 0 spiro atoms. The summed E-state index contributed by atoms with van der Waals surface area (Å²) < 4.78 is 5.84. The third-order valence-corrected chi connectivity index (χ3v) is 5.19. The molecule has 0 atom stereocenters. The lowest BCUT2D eigenvalue weighted by Gasteiger charge is -2.24. The predicted octanol–water partition coefficient (Wildman–Crippen LogP) is 4.50. The largest absolute Gasteiger partial charge is 0.477 e. The maximum absolute atomic E-state index is 5.84. The van der Waals surface area contributed by atoms with E-state index in [0.29, 0.717) is 0 Å². The molecule has 0 aliphatic heterocycles. The van der Waals surface area contributed by atoms with Gasteiger partial charge in [-0.2, -0.15) is 0 Å². The molecular weight excluding hydrogens is 294 g/mol. The first kappa shape index (κ1) is 15.5. The number of pyridine rings is 1. The fourth-order valence-electron chi connectivity index (χ4n) is 2.71. The van der Waals surface area contributed by atoms with E-state index in [2.05, 4.69) is 23.7 Å². The van der Waals surface area contributed by atoms with E-state index >= 15 is 0 Å². The Hall–Kier alpha value is -1.36. The van der Waals surface area contributed by atoms with Crippen molar-refractivity contribution < 1.29 is 4.74 Å². The van der Waals surface area contributed by atoms with Crippen molar-refractivity contribution in [2.45, 2.75) is 46.0 Å². The monoisotopic (exact) mass is 319 g/mol. The van der Waals surface area contributed by atoms with E-state index in [1.54, 1.807) is 11.3 Å². The summed E-state index contributed by atoms with van der Waals surface area (Å²) in [4.78, 5) is 12.7. The minimum Gasteiger partial charge on any atom is -0.477 e. The lowest BCUT2D eigenvalue weighted by atomic mass is 9.86. The highest BCUT2D eigenvalue weighted by Crippen LogP contribution is 2.30. The number of aromatic nitrogens is 2. The second kappa shape index (κ2) is 7.27. The van der Waals surface area contributed by atoms with Gasteiger partial charge in [-0.25, -0.2) is 9.97 Å². The van der Waals surface area contributed by atoms with Crippen LogP contribution in [0.4, 0.5) is 5.13 Å². The molecule has 1 saturated carbocycles. The van der Waals surface area contributed by atoms with Crippen LogP contribution in [0.2, 0.25) is 0 Å². The number of rotatable bonds is 8. The number of nitrogens with zero attached hydrogens (tertiary/aromatic N) is 3. The highest BCUT2D eigenvalue weighted by Gasteiger charge is 2.18. The Kier molecular flexibility index (Phi) is 5.13. The van der Waals surface area contributed by atoms with E-state index in [-0.39, 0.29) is 0 Å². The number of hydrogen-bond acceptors (Lipinski definition) is 5. The first-order valence-corrected chi connectivity index (χ1v) is 9.27. The normalized spacial score (nSPS) is 15.0. The third kappa shape index (κ3) is 3.51. The van der Waals surface area contributed by atoms with Gasteiger partial charge in [0.2, 0.25) is 5.88 Å². The number of hydrogen-bond donors (Lipinski definition) is 0. The molecule has 0 unspecified atom stereocenters. The summed E-state index contributed by atoms with van der Waals surface area (Å²) in [5.41, 5.74) is 0.980. The zero-order valence-corrected chi connectivity index (χ0v) is 14.4. The van der Waals surface area contributed by atoms with Crippen molar-refractivity contribution in [1.29, 1.82) is 0 Å². The van der Waals surface area contributed by atoms with Crippen molar-refractivity contribution in [3.63, 3.8) is 0 Å². The van der Waals surface area contributed by atoms with Crippen LogP contribution in [0.3, 0.4) is 0 Å². The van der Waals surface area contributed by atoms with Crippen molar-refractivity contribution in [2.75, 3.05) is 24.6 Å². The second-order valence-electron chi connectivity index (χ2n) is 6.07.